The highest BCUT2D eigenvalue weighted by atomic mass is 16.3. The van der Waals surface area contributed by atoms with E-state index < -0.39 is 0 Å². The van der Waals surface area contributed by atoms with Crippen molar-refractivity contribution in [3.63, 3.8) is 0 Å². The van der Waals surface area contributed by atoms with Crippen molar-refractivity contribution in [2.45, 2.75) is 156 Å². The number of aromatic hydroxyl groups is 6. The lowest BCUT2D eigenvalue weighted by Crippen LogP contribution is -2.20. The molecule has 3 aromatic carbocycles. The Kier molecular flexibility index (Phi) is 14.6. The molecule has 5 atom stereocenters. The van der Waals surface area contributed by atoms with E-state index in [4.69, 9.17) is 0 Å². The molecule has 0 saturated heterocycles. The Balaban J connectivity index is 0.000000138. The monoisotopic (exact) mass is 829 g/mol. The van der Waals surface area contributed by atoms with Crippen LogP contribution in [0.3, 0.4) is 0 Å². The summed E-state index contributed by atoms with van der Waals surface area (Å²) in [6.07, 6.45) is 26.9. The molecule has 6 N–H and O–H groups in total. The third-order valence-corrected chi connectivity index (χ3v) is 15.0. The van der Waals surface area contributed by atoms with Gasteiger partial charge < -0.3 is 30.6 Å². The minimum atomic E-state index is -0.0338. The van der Waals surface area contributed by atoms with E-state index in [9.17, 15) is 30.6 Å². The zero-order valence-corrected chi connectivity index (χ0v) is 37.4. The Morgan fingerprint density at radius 3 is 1.46 bits per heavy atom. The second-order valence-corrected chi connectivity index (χ2v) is 19.8. The Bertz CT molecular complexity index is 2090. The van der Waals surface area contributed by atoms with E-state index in [1.165, 1.54) is 107 Å². The fourth-order valence-electron chi connectivity index (χ4n) is 11.7. The van der Waals surface area contributed by atoms with E-state index in [2.05, 4.69) is 26.8 Å². The highest BCUT2D eigenvalue weighted by molar-refractivity contribution is 5.46. The maximum Gasteiger partial charge on any atom is 0.157 e. The van der Waals surface area contributed by atoms with Gasteiger partial charge in [0.1, 0.15) is 0 Å². The van der Waals surface area contributed by atoms with Gasteiger partial charge in [-0.05, 0) is 231 Å². The minimum Gasteiger partial charge on any atom is -0.504 e. The first-order valence-corrected chi connectivity index (χ1v) is 23.6. The van der Waals surface area contributed by atoms with Crippen LogP contribution >= 0.6 is 0 Å². The largest absolute Gasteiger partial charge is 0.504 e. The van der Waals surface area contributed by atoms with Crippen molar-refractivity contribution >= 4 is 0 Å². The molecular weight excluding hydrogens is 757 g/mol. The third-order valence-electron chi connectivity index (χ3n) is 15.0. The molecule has 0 aliphatic heterocycles. The summed E-state index contributed by atoms with van der Waals surface area (Å²) in [5, 5.41) is 57.4. The van der Waals surface area contributed by atoms with Gasteiger partial charge in [0.25, 0.3) is 0 Å². The Morgan fingerprint density at radius 2 is 0.934 bits per heavy atom. The molecule has 6 nitrogen and oxygen atoms in total. The Labute approximate surface area is 365 Å². The van der Waals surface area contributed by atoms with Crippen molar-refractivity contribution in [3.8, 4) is 34.5 Å². The van der Waals surface area contributed by atoms with Gasteiger partial charge in [0.2, 0.25) is 0 Å². The van der Waals surface area contributed by atoms with Crippen LogP contribution in [0.25, 0.3) is 0 Å². The molecule has 6 aliphatic carbocycles. The van der Waals surface area contributed by atoms with Gasteiger partial charge in [-0.25, -0.2) is 0 Å². The van der Waals surface area contributed by atoms with Crippen molar-refractivity contribution in [2.75, 3.05) is 0 Å². The number of aryl methyl sites for hydroxylation is 1. The van der Waals surface area contributed by atoms with Crippen LogP contribution in [0.15, 0.2) is 93.6 Å². The highest BCUT2D eigenvalue weighted by Gasteiger charge is 2.30. The number of phenolic OH excluding ortho intramolecular Hbond substituents is 6. The fourth-order valence-corrected chi connectivity index (χ4v) is 11.7. The maximum absolute atomic E-state index is 9.76. The normalized spacial score (nSPS) is 24.9. The zero-order chi connectivity index (χ0) is 43.2. The second kappa shape index (κ2) is 20.1. The number of allylic oxidation sites excluding steroid dienone is 8. The molecule has 0 heterocycles. The van der Waals surface area contributed by atoms with Crippen LogP contribution in [-0.4, -0.2) is 30.6 Å². The molecule has 61 heavy (non-hydrogen) atoms. The summed E-state index contributed by atoms with van der Waals surface area (Å²) in [6.45, 7) is 8.99. The zero-order valence-electron chi connectivity index (χ0n) is 37.4. The molecule has 0 radical (unpaired) electrons. The molecule has 0 saturated carbocycles. The van der Waals surface area contributed by atoms with Crippen molar-refractivity contribution < 1.29 is 30.6 Å². The van der Waals surface area contributed by atoms with Crippen LogP contribution in [0, 0.1) is 36.5 Å². The Hall–Kier alpha value is -4.58. The van der Waals surface area contributed by atoms with Crippen LogP contribution in [0.2, 0.25) is 0 Å². The van der Waals surface area contributed by atoms with Crippen molar-refractivity contribution in [3.05, 3.63) is 116 Å². The summed E-state index contributed by atoms with van der Waals surface area (Å²) in [5.74, 6) is 3.54. The maximum atomic E-state index is 9.76. The SMILES string of the molecule is CC1=CCC2=C(CCCC2Cc2ccc(O)c(O)c2)C1.CC1CCC2=C(CCCC2Cc2ccc(O)c(O)c2)C1.Cc1cc(O)c(O)cc1CC1CCCC2=C1CCC(C)C2. The summed E-state index contributed by atoms with van der Waals surface area (Å²) in [5.41, 5.74) is 16.2. The summed E-state index contributed by atoms with van der Waals surface area (Å²) < 4.78 is 0. The number of hydrogen-bond acceptors (Lipinski definition) is 6. The van der Waals surface area contributed by atoms with Crippen molar-refractivity contribution in [2.24, 2.45) is 29.6 Å². The highest BCUT2D eigenvalue weighted by Crippen LogP contribution is 2.45. The number of hydrogen-bond donors (Lipinski definition) is 6. The van der Waals surface area contributed by atoms with Crippen molar-refractivity contribution in [1.82, 2.24) is 0 Å². The molecule has 0 spiro atoms. The predicted octanol–water partition coefficient (Wildman–Crippen LogP) is 13.9. The van der Waals surface area contributed by atoms with Crippen LogP contribution < -0.4 is 0 Å². The third kappa shape index (κ3) is 11.3. The van der Waals surface area contributed by atoms with E-state index in [1.54, 1.807) is 69.8 Å². The second-order valence-electron chi connectivity index (χ2n) is 19.8. The molecule has 0 bridgehead atoms. The summed E-state index contributed by atoms with van der Waals surface area (Å²) in [6, 6.07) is 13.9. The lowest BCUT2D eigenvalue weighted by molar-refractivity contribution is 0.391. The van der Waals surface area contributed by atoms with E-state index in [-0.39, 0.29) is 34.5 Å². The van der Waals surface area contributed by atoms with E-state index in [0.29, 0.717) is 17.8 Å². The molecule has 9 rings (SSSR count). The number of benzene rings is 3. The first-order valence-electron chi connectivity index (χ1n) is 23.6. The van der Waals surface area contributed by atoms with Gasteiger partial charge in [-0.3, -0.25) is 0 Å². The predicted molar refractivity (Wildman–Crippen MR) is 247 cm³/mol. The van der Waals surface area contributed by atoms with Gasteiger partial charge in [-0.2, -0.15) is 0 Å². The number of phenols is 6. The van der Waals surface area contributed by atoms with Crippen LogP contribution in [-0.2, 0) is 19.3 Å². The first-order chi connectivity index (χ1) is 29.3. The fraction of sp³-hybridized carbons (Fsp3) is 0.527. The lowest BCUT2D eigenvalue weighted by Gasteiger charge is -2.34. The molecule has 5 unspecified atom stereocenters. The molecule has 0 amide bonds. The van der Waals surface area contributed by atoms with Gasteiger partial charge in [-0.15, -0.1) is 0 Å². The molecule has 6 heteroatoms. The molecule has 0 fully saturated rings. The van der Waals surface area contributed by atoms with E-state index >= 15 is 0 Å². The Morgan fingerprint density at radius 1 is 0.475 bits per heavy atom. The first kappa shape index (κ1) is 44.5. The molecule has 0 aromatic heterocycles. The summed E-state index contributed by atoms with van der Waals surface area (Å²) in [4.78, 5) is 0. The molecular formula is C55H72O6. The van der Waals surface area contributed by atoms with Crippen LogP contribution in [0.1, 0.15) is 152 Å². The minimum absolute atomic E-state index is 0.00442. The average Bonchev–Trinajstić information content (AvgIpc) is 3.23. The van der Waals surface area contributed by atoms with Gasteiger partial charge in [0.15, 0.2) is 34.5 Å². The van der Waals surface area contributed by atoms with Gasteiger partial charge >= 0.3 is 0 Å². The van der Waals surface area contributed by atoms with Crippen LogP contribution in [0.5, 0.6) is 34.5 Å². The van der Waals surface area contributed by atoms with Gasteiger partial charge in [-0.1, -0.05) is 71.1 Å². The lowest BCUT2D eigenvalue weighted by atomic mass is 9.71. The molecule has 6 aliphatic rings. The average molecular weight is 829 g/mol. The molecule has 3 aromatic rings. The van der Waals surface area contributed by atoms with Crippen molar-refractivity contribution in [1.29, 1.82) is 0 Å². The van der Waals surface area contributed by atoms with Gasteiger partial charge in [0, 0.05) is 0 Å². The molecule has 328 valence electrons. The van der Waals surface area contributed by atoms with E-state index in [1.807, 2.05) is 19.1 Å². The van der Waals surface area contributed by atoms with Crippen LogP contribution in [0.4, 0.5) is 0 Å². The quantitative estimate of drug-likeness (QED) is 0.109. The van der Waals surface area contributed by atoms with E-state index in [0.717, 1.165) is 60.6 Å². The topological polar surface area (TPSA) is 121 Å². The van der Waals surface area contributed by atoms with Gasteiger partial charge in [0.05, 0.1) is 0 Å². The number of rotatable bonds is 6. The summed E-state index contributed by atoms with van der Waals surface area (Å²) >= 11 is 0. The smallest absolute Gasteiger partial charge is 0.157 e. The summed E-state index contributed by atoms with van der Waals surface area (Å²) in [7, 11) is 0. The standard InChI is InChI=1S/C19H26O2.C18H24O2.C18H22O2/c1-12-6-7-17-14(8-12)4-3-5-15(17)10-16-11-19(21)18(20)9-13(16)2;2*1-12-5-7-16-14(9-12)3-2-4-15(16)10-13-6-8-17(19)18(20)11-13/h9,11-12,15,20-21H,3-8,10H2,1-2H3;6,8,11-12,15,19-20H,2-5,7,9-10H2,1H3;5-6,8,11,15,19-20H,2-4,7,9-10H2,1H3.